The smallest absolute Gasteiger partial charge is 0.187 e. The van der Waals surface area contributed by atoms with Crippen LogP contribution in [0.4, 0.5) is 8.78 Å². The molecule has 2 fully saturated rings. The highest BCUT2D eigenvalue weighted by Crippen LogP contribution is 2.44. The van der Waals surface area contributed by atoms with Crippen molar-refractivity contribution in [2.24, 2.45) is 17.8 Å². The van der Waals surface area contributed by atoms with Gasteiger partial charge in [-0.2, -0.15) is 0 Å². The average Bonchev–Trinajstić information content (AvgIpc) is 2.60. The Hall–Kier alpha value is -1.16. The highest BCUT2D eigenvalue weighted by Gasteiger charge is 2.31. The van der Waals surface area contributed by atoms with Crippen LogP contribution in [-0.4, -0.2) is 18.8 Å². The van der Waals surface area contributed by atoms with Gasteiger partial charge in [0.1, 0.15) is 0 Å². The van der Waals surface area contributed by atoms with E-state index in [-0.39, 0.29) is 5.92 Å². The predicted octanol–water partition coefficient (Wildman–Crippen LogP) is 5.40. The van der Waals surface area contributed by atoms with Crippen LogP contribution in [0, 0.1) is 29.4 Å². The Morgan fingerprint density at radius 1 is 0.917 bits per heavy atom. The van der Waals surface area contributed by atoms with Gasteiger partial charge in [0.2, 0.25) is 0 Å². The van der Waals surface area contributed by atoms with E-state index in [1.165, 1.54) is 37.8 Å². The summed E-state index contributed by atoms with van der Waals surface area (Å²) in [5.41, 5.74) is 0.699. The minimum atomic E-state index is -0.861. The van der Waals surface area contributed by atoms with Crippen LogP contribution in [0.2, 0.25) is 0 Å². The minimum Gasteiger partial charge on any atom is -0.503 e. The Labute approximate surface area is 143 Å². The first-order chi connectivity index (χ1) is 11.6. The van der Waals surface area contributed by atoms with Crippen molar-refractivity contribution in [1.29, 1.82) is 0 Å². The maximum absolute atomic E-state index is 13.6. The number of aromatic hydroxyl groups is 1. The quantitative estimate of drug-likeness (QED) is 0.797. The van der Waals surface area contributed by atoms with Crippen molar-refractivity contribution < 1.29 is 18.6 Å². The number of phenolic OH excluding ortho intramolecular Hbond substituents is 1. The molecule has 3 rings (SSSR count). The molecule has 4 heteroatoms. The molecule has 1 N–H and O–H groups in total. The molecule has 0 saturated heterocycles. The zero-order valence-corrected chi connectivity index (χ0v) is 14.4. The molecule has 0 heterocycles. The molecule has 0 spiro atoms. The van der Waals surface area contributed by atoms with Crippen LogP contribution < -0.4 is 0 Å². The number of methoxy groups -OCH3 is 1. The van der Waals surface area contributed by atoms with Gasteiger partial charge in [-0.05, 0) is 92.7 Å². The standard InChI is InChI=1S/C20H28F2O2/c1-24-12-13-2-4-14(5-3-13)15-6-8-16(9-7-15)17-10-18(21)20(23)19(22)11-17/h10-11,13-16,23H,2-9,12H2,1H3/t13-,14-,15-,16-. The zero-order valence-electron chi connectivity index (χ0n) is 14.4. The van der Waals surface area contributed by atoms with Gasteiger partial charge in [0.25, 0.3) is 0 Å². The van der Waals surface area contributed by atoms with Crippen LogP contribution in [0.5, 0.6) is 5.75 Å². The number of hydrogen-bond donors (Lipinski definition) is 1. The van der Waals surface area contributed by atoms with Crippen molar-refractivity contribution in [3.8, 4) is 5.75 Å². The van der Waals surface area contributed by atoms with E-state index in [9.17, 15) is 13.9 Å². The maximum Gasteiger partial charge on any atom is 0.187 e. The molecule has 1 aromatic rings. The second-order valence-corrected chi connectivity index (χ2v) is 7.68. The minimum absolute atomic E-state index is 0.218. The summed E-state index contributed by atoms with van der Waals surface area (Å²) in [6.45, 7) is 0.886. The first-order valence-electron chi connectivity index (χ1n) is 9.25. The summed E-state index contributed by atoms with van der Waals surface area (Å²) in [5, 5.41) is 9.24. The van der Waals surface area contributed by atoms with Gasteiger partial charge in [-0.25, -0.2) is 8.78 Å². The summed E-state index contributed by atoms with van der Waals surface area (Å²) in [4.78, 5) is 0. The monoisotopic (exact) mass is 338 g/mol. The summed E-state index contributed by atoms with van der Waals surface area (Å²) >= 11 is 0. The van der Waals surface area contributed by atoms with Gasteiger partial charge in [0, 0.05) is 13.7 Å². The van der Waals surface area contributed by atoms with E-state index in [0.717, 1.165) is 50.0 Å². The molecular formula is C20H28F2O2. The van der Waals surface area contributed by atoms with E-state index < -0.39 is 17.4 Å². The third-order valence-corrected chi connectivity index (χ3v) is 6.24. The first kappa shape index (κ1) is 17.7. The lowest BCUT2D eigenvalue weighted by Gasteiger charge is -2.38. The molecule has 0 atom stereocenters. The summed E-state index contributed by atoms with van der Waals surface area (Å²) in [7, 11) is 1.78. The number of hydrogen-bond acceptors (Lipinski definition) is 2. The normalized spacial score (nSPS) is 31.1. The van der Waals surface area contributed by atoms with Crippen LogP contribution in [0.25, 0.3) is 0 Å². The van der Waals surface area contributed by atoms with Gasteiger partial charge < -0.3 is 9.84 Å². The molecule has 2 aliphatic rings. The molecule has 0 aromatic heterocycles. The fourth-order valence-corrected chi connectivity index (χ4v) is 4.81. The lowest BCUT2D eigenvalue weighted by Crippen LogP contribution is -2.26. The first-order valence-corrected chi connectivity index (χ1v) is 9.25. The van der Waals surface area contributed by atoms with Gasteiger partial charge in [-0.15, -0.1) is 0 Å². The van der Waals surface area contributed by atoms with Gasteiger partial charge in [-0.3, -0.25) is 0 Å². The van der Waals surface area contributed by atoms with Crippen molar-refractivity contribution in [2.75, 3.05) is 13.7 Å². The maximum atomic E-state index is 13.6. The molecule has 2 saturated carbocycles. The van der Waals surface area contributed by atoms with E-state index >= 15 is 0 Å². The molecule has 134 valence electrons. The molecule has 1 aromatic carbocycles. The van der Waals surface area contributed by atoms with E-state index in [4.69, 9.17) is 4.74 Å². The molecule has 0 amide bonds. The third-order valence-electron chi connectivity index (χ3n) is 6.24. The van der Waals surface area contributed by atoms with E-state index in [0.29, 0.717) is 5.56 Å². The van der Waals surface area contributed by atoms with E-state index in [2.05, 4.69) is 0 Å². The Morgan fingerprint density at radius 2 is 1.42 bits per heavy atom. The van der Waals surface area contributed by atoms with Crippen molar-refractivity contribution in [1.82, 2.24) is 0 Å². The number of ether oxygens (including phenoxy) is 1. The Kier molecular flexibility index (Phi) is 5.75. The molecule has 2 aliphatic carbocycles. The second kappa shape index (κ2) is 7.81. The third kappa shape index (κ3) is 3.90. The SMILES string of the molecule is COC[C@H]1CC[C@H]([C@H]2CC[C@H](c3cc(F)c(O)c(F)c3)CC2)CC1. The number of halogens is 2. The lowest BCUT2D eigenvalue weighted by molar-refractivity contribution is 0.0968. The predicted molar refractivity (Wildman–Crippen MR) is 90.0 cm³/mol. The molecule has 24 heavy (non-hydrogen) atoms. The summed E-state index contributed by atoms with van der Waals surface area (Å²) in [6, 6.07) is 2.61. The lowest BCUT2D eigenvalue weighted by atomic mass is 9.68. The molecular weight excluding hydrogens is 310 g/mol. The van der Waals surface area contributed by atoms with Crippen LogP contribution in [0.15, 0.2) is 12.1 Å². The van der Waals surface area contributed by atoms with Crippen molar-refractivity contribution in [3.05, 3.63) is 29.3 Å². The summed E-state index contributed by atoms with van der Waals surface area (Å²) < 4.78 is 32.4. The molecule has 0 bridgehead atoms. The van der Waals surface area contributed by atoms with Crippen molar-refractivity contribution in [3.63, 3.8) is 0 Å². The fourth-order valence-electron chi connectivity index (χ4n) is 4.81. The molecule has 0 aliphatic heterocycles. The highest BCUT2D eigenvalue weighted by molar-refractivity contribution is 5.32. The number of phenols is 1. The van der Waals surface area contributed by atoms with Crippen LogP contribution >= 0.6 is 0 Å². The summed E-state index contributed by atoms with van der Waals surface area (Å²) in [6.07, 6.45) is 9.42. The molecule has 0 radical (unpaired) electrons. The van der Waals surface area contributed by atoms with Crippen LogP contribution in [-0.2, 0) is 4.74 Å². The largest absolute Gasteiger partial charge is 0.503 e. The molecule has 0 unspecified atom stereocenters. The van der Waals surface area contributed by atoms with Gasteiger partial charge in [0.05, 0.1) is 0 Å². The van der Waals surface area contributed by atoms with Gasteiger partial charge in [0.15, 0.2) is 17.4 Å². The van der Waals surface area contributed by atoms with Crippen LogP contribution in [0.1, 0.15) is 62.8 Å². The number of benzene rings is 1. The second-order valence-electron chi connectivity index (χ2n) is 7.68. The Bertz CT molecular complexity index is 522. The van der Waals surface area contributed by atoms with E-state index in [1.54, 1.807) is 7.11 Å². The van der Waals surface area contributed by atoms with Crippen molar-refractivity contribution in [2.45, 2.75) is 57.3 Å². The molecule has 2 nitrogen and oxygen atoms in total. The summed E-state index contributed by atoms with van der Waals surface area (Å²) in [5.74, 6) is -0.0300. The van der Waals surface area contributed by atoms with Crippen molar-refractivity contribution >= 4 is 0 Å². The highest BCUT2D eigenvalue weighted by atomic mass is 19.1. The number of rotatable bonds is 4. The van der Waals surface area contributed by atoms with E-state index in [1.807, 2.05) is 0 Å². The zero-order chi connectivity index (χ0) is 17.1. The topological polar surface area (TPSA) is 29.5 Å². The van der Waals surface area contributed by atoms with Gasteiger partial charge >= 0.3 is 0 Å². The van der Waals surface area contributed by atoms with Gasteiger partial charge in [-0.1, -0.05) is 0 Å². The Morgan fingerprint density at radius 3 is 1.92 bits per heavy atom. The average molecular weight is 338 g/mol. The van der Waals surface area contributed by atoms with Crippen LogP contribution in [0.3, 0.4) is 0 Å². The Balaban J connectivity index is 1.53. The fraction of sp³-hybridized carbons (Fsp3) is 0.700.